The molecule has 3 aromatic rings. The minimum absolute atomic E-state index is 0.0483. The van der Waals surface area contributed by atoms with Gasteiger partial charge in [-0.05, 0) is 60.0 Å². The first kappa shape index (κ1) is 20.0. The molecule has 0 aliphatic carbocycles. The Labute approximate surface area is 167 Å². The van der Waals surface area contributed by atoms with Crippen molar-refractivity contribution in [1.29, 1.82) is 0 Å². The Kier molecular flexibility index (Phi) is 6.41. The summed E-state index contributed by atoms with van der Waals surface area (Å²) in [5.41, 5.74) is 3.80. The lowest BCUT2D eigenvalue weighted by atomic mass is 10.1. The van der Waals surface area contributed by atoms with Crippen molar-refractivity contribution in [3.8, 4) is 5.69 Å². The first-order valence-electron chi connectivity index (χ1n) is 8.99. The summed E-state index contributed by atoms with van der Waals surface area (Å²) >= 11 is 1.29. The summed E-state index contributed by atoms with van der Waals surface area (Å²) in [4.78, 5) is 14.4. The van der Waals surface area contributed by atoms with Crippen molar-refractivity contribution >= 4 is 17.7 Å². The fourth-order valence-electron chi connectivity index (χ4n) is 3.00. The summed E-state index contributed by atoms with van der Waals surface area (Å²) in [5.74, 6) is -0.148. The number of aryl methyl sites for hydroxylation is 2. The van der Waals surface area contributed by atoms with Crippen LogP contribution in [0.1, 0.15) is 23.6 Å². The smallest absolute Gasteiger partial charge is 0.233 e. The minimum Gasteiger partial charge on any atom is -0.338 e. The number of hydrogen-bond acceptors (Lipinski definition) is 5. The van der Waals surface area contributed by atoms with Crippen molar-refractivity contribution in [2.45, 2.75) is 32.5 Å². The molecular weight excluding hydrogens is 377 g/mol. The third kappa shape index (κ3) is 4.56. The number of carbonyl (C=O) groups is 1. The first-order chi connectivity index (χ1) is 13.5. The molecule has 0 spiro atoms. The van der Waals surface area contributed by atoms with E-state index in [1.807, 2.05) is 45.0 Å². The zero-order chi connectivity index (χ0) is 20.1. The van der Waals surface area contributed by atoms with Gasteiger partial charge in [0.25, 0.3) is 0 Å². The van der Waals surface area contributed by atoms with Gasteiger partial charge >= 0.3 is 0 Å². The Morgan fingerprint density at radius 1 is 1.18 bits per heavy atom. The van der Waals surface area contributed by atoms with Crippen LogP contribution in [0.25, 0.3) is 5.69 Å². The largest absolute Gasteiger partial charge is 0.338 e. The van der Waals surface area contributed by atoms with Crippen molar-refractivity contribution in [2.75, 3.05) is 12.3 Å². The third-order valence-corrected chi connectivity index (χ3v) is 5.32. The highest BCUT2D eigenvalue weighted by atomic mass is 32.2. The third-order valence-electron chi connectivity index (χ3n) is 4.41. The molecule has 0 atom stereocenters. The van der Waals surface area contributed by atoms with Gasteiger partial charge in [0.05, 0.1) is 11.4 Å². The SMILES string of the molecule is CCN(Cc1cccc(F)c1)C(=O)CSc1nnnn1-c1c(C)cccc1C. The molecule has 0 N–H and O–H groups in total. The van der Waals surface area contributed by atoms with Crippen LogP contribution in [0.2, 0.25) is 0 Å². The van der Waals surface area contributed by atoms with E-state index in [4.69, 9.17) is 0 Å². The quantitative estimate of drug-likeness (QED) is 0.569. The van der Waals surface area contributed by atoms with E-state index in [2.05, 4.69) is 15.5 Å². The van der Waals surface area contributed by atoms with Gasteiger partial charge in [-0.15, -0.1) is 5.10 Å². The zero-order valence-corrected chi connectivity index (χ0v) is 16.9. The molecule has 0 aliphatic heterocycles. The molecule has 6 nitrogen and oxygen atoms in total. The summed E-state index contributed by atoms with van der Waals surface area (Å²) < 4.78 is 15.1. The van der Waals surface area contributed by atoms with E-state index in [9.17, 15) is 9.18 Å². The molecule has 1 aromatic heterocycles. The molecule has 1 amide bonds. The van der Waals surface area contributed by atoms with Crippen LogP contribution in [0.3, 0.4) is 0 Å². The number of benzene rings is 2. The predicted octanol–water partition coefficient (Wildman–Crippen LogP) is 3.56. The Morgan fingerprint density at radius 3 is 2.57 bits per heavy atom. The fraction of sp³-hybridized carbons (Fsp3) is 0.300. The van der Waals surface area contributed by atoms with Gasteiger partial charge in [0, 0.05) is 13.1 Å². The Bertz CT molecular complexity index is 954. The molecule has 0 aliphatic rings. The van der Waals surface area contributed by atoms with Crippen molar-refractivity contribution in [1.82, 2.24) is 25.1 Å². The first-order valence-corrected chi connectivity index (χ1v) is 9.98. The van der Waals surface area contributed by atoms with E-state index in [1.165, 1.54) is 23.9 Å². The number of carbonyl (C=O) groups excluding carboxylic acids is 1. The molecule has 0 radical (unpaired) electrons. The molecule has 28 heavy (non-hydrogen) atoms. The second kappa shape index (κ2) is 8.97. The summed E-state index contributed by atoms with van der Waals surface area (Å²) in [5, 5.41) is 12.5. The number of para-hydroxylation sites is 1. The molecular formula is C20H22FN5OS. The van der Waals surface area contributed by atoms with Gasteiger partial charge in [-0.1, -0.05) is 42.1 Å². The maximum atomic E-state index is 13.4. The van der Waals surface area contributed by atoms with E-state index in [0.717, 1.165) is 22.4 Å². The van der Waals surface area contributed by atoms with Gasteiger partial charge in [-0.25, -0.2) is 4.39 Å². The molecule has 146 valence electrons. The monoisotopic (exact) mass is 399 g/mol. The van der Waals surface area contributed by atoms with Crippen molar-refractivity contribution < 1.29 is 9.18 Å². The lowest BCUT2D eigenvalue weighted by molar-refractivity contribution is -0.128. The van der Waals surface area contributed by atoms with Gasteiger partial charge in [-0.3, -0.25) is 4.79 Å². The zero-order valence-electron chi connectivity index (χ0n) is 16.1. The maximum absolute atomic E-state index is 13.4. The standard InChI is InChI=1S/C20H22FN5OS/c1-4-25(12-16-9-6-10-17(21)11-16)18(27)13-28-20-22-23-24-26(20)19-14(2)7-5-8-15(19)3/h5-11H,4,12-13H2,1-3H3. The Morgan fingerprint density at radius 2 is 1.89 bits per heavy atom. The second-order valence-electron chi connectivity index (χ2n) is 6.44. The van der Waals surface area contributed by atoms with Crippen LogP contribution in [-0.2, 0) is 11.3 Å². The van der Waals surface area contributed by atoms with Crippen LogP contribution in [0.5, 0.6) is 0 Å². The minimum atomic E-state index is -0.303. The van der Waals surface area contributed by atoms with Crippen LogP contribution >= 0.6 is 11.8 Å². The van der Waals surface area contributed by atoms with E-state index >= 15 is 0 Å². The lowest BCUT2D eigenvalue weighted by Gasteiger charge is -2.21. The van der Waals surface area contributed by atoms with Crippen molar-refractivity contribution in [3.05, 3.63) is 65.0 Å². The summed E-state index contributed by atoms with van der Waals surface area (Å²) in [7, 11) is 0. The Hall–Kier alpha value is -2.74. The van der Waals surface area contributed by atoms with Crippen LogP contribution < -0.4 is 0 Å². The number of nitrogens with zero attached hydrogens (tertiary/aromatic N) is 5. The molecule has 0 saturated carbocycles. The van der Waals surface area contributed by atoms with Crippen LogP contribution in [-0.4, -0.2) is 43.3 Å². The van der Waals surface area contributed by atoms with Crippen molar-refractivity contribution in [2.24, 2.45) is 0 Å². The Balaban J connectivity index is 1.70. The van der Waals surface area contributed by atoms with Crippen LogP contribution in [0.4, 0.5) is 4.39 Å². The normalized spacial score (nSPS) is 10.9. The van der Waals surface area contributed by atoms with Gasteiger partial charge in [-0.2, -0.15) is 4.68 Å². The molecule has 0 fully saturated rings. The second-order valence-corrected chi connectivity index (χ2v) is 7.38. The molecule has 8 heteroatoms. The average Bonchev–Trinajstić information content (AvgIpc) is 3.12. The number of amides is 1. The molecule has 0 saturated heterocycles. The fourth-order valence-corrected chi connectivity index (χ4v) is 3.78. The van der Waals surface area contributed by atoms with E-state index in [0.29, 0.717) is 18.2 Å². The molecule has 2 aromatic carbocycles. The topological polar surface area (TPSA) is 63.9 Å². The van der Waals surface area contributed by atoms with Gasteiger partial charge < -0.3 is 4.90 Å². The molecule has 3 rings (SSSR count). The predicted molar refractivity (Wildman–Crippen MR) is 107 cm³/mol. The maximum Gasteiger partial charge on any atom is 0.233 e. The van der Waals surface area contributed by atoms with E-state index in [1.54, 1.807) is 15.6 Å². The summed E-state index contributed by atoms with van der Waals surface area (Å²) in [6.45, 7) is 6.82. The van der Waals surface area contributed by atoms with Crippen LogP contribution in [0.15, 0.2) is 47.6 Å². The molecule has 0 bridgehead atoms. The van der Waals surface area contributed by atoms with Gasteiger partial charge in [0.15, 0.2) is 0 Å². The molecule has 0 unspecified atom stereocenters. The highest BCUT2D eigenvalue weighted by Gasteiger charge is 2.17. The lowest BCUT2D eigenvalue weighted by Crippen LogP contribution is -2.31. The average molecular weight is 399 g/mol. The summed E-state index contributed by atoms with van der Waals surface area (Å²) in [6, 6.07) is 12.3. The number of halogens is 1. The van der Waals surface area contributed by atoms with E-state index in [-0.39, 0.29) is 17.5 Å². The van der Waals surface area contributed by atoms with Gasteiger partial charge in [0.1, 0.15) is 5.82 Å². The number of hydrogen-bond donors (Lipinski definition) is 0. The highest BCUT2D eigenvalue weighted by Crippen LogP contribution is 2.23. The van der Waals surface area contributed by atoms with E-state index < -0.39 is 0 Å². The van der Waals surface area contributed by atoms with Crippen molar-refractivity contribution in [3.63, 3.8) is 0 Å². The molecule has 1 heterocycles. The number of thioether (sulfide) groups is 1. The van der Waals surface area contributed by atoms with Gasteiger partial charge in [0.2, 0.25) is 11.1 Å². The number of tetrazole rings is 1. The number of aromatic nitrogens is 4. The van der Waals surface area contributed by atoms with Crippen LogP contribution in [0, 0.1) is 19.7 Å². The highest BCUT2D eigenvalue weighted by molar-refractivity contribution is 7.99. The number of rotatable bonds is 7. The summed E-state index contributed by atoms with van der Waals surface area (Å²) in [6.07, 6.45) is 0.